The Morgan fingerprint density at radius 1 is 1.42 bits per heavy atom. The Bertz CT molecular complexity index is 622. The van der Waals surface area contributed by atoms with Gasteiger partial charge in [-0.2, -0.15) is 0 Å². The number of likely N-dealkylation sites (tertiary alicyclic amines) is 1. The normalized spacial score (nSPS) is 20.2. The van der Waals surface area contributed by atoms with Gasteiger partial charge in [-0.1, -0.05) is 35.4 Å². The minimum atomic E-state index is -1.44. The van der Waals surface area contributed by atoms with Crippen LogP contribution in [-0.4, -0.2) is 40.8 Å². The molecule has 7 heteroatoms. The van der Waals surface area contributed by atoms with E-state index < -0.39 is 23.3 Å². The van der Waals surface area contributed by atoms with Gasteiger partial charge in [0.05, 0.1) is 12.6 Å². The quantitative estimate of drug-likeness (QED) is 0.518. The second-order valence-corrected chi connectivity index (χ2v) is 7.01. The van der Waals surface area contributed by atoms with Crippen molar-refractivity contribution in [2.75, 3.05) is 13.1 Å². The summed E-state index contributed by atoms with van der Waals surface area (Å²) in [6, 6.07) is 8.52. The molecule has 2 atom stereocenters. The highest BCUT2D eigenvalue weighted by Crippen LogP contribution is 2.36. The fraction of sp³-hybridized carbons (Fsp3) is 0.588. The number of hydrogen-bond acceptors (Lipinski definition) is 4. The van der Waals surface area contributed by atoms with Gasteiger partial charge in [0.2, 0.25) is 0 Å². The Morgan fingerprint density at radius 3 is 2.67 bits per heavy atom. The van der Waals surface area contributed by atoms with E-state index in [1.807, 2.05) is 18.2 Å². The third kappa shape index (κ3) is 3.99. The number of azide groups is 1. The molecule has 7 nitrogen and oxygen atoms in total. The highest BCUT2D eigenvalue weighted by atomic mass is 16.6. The number of rotatable bonds is 4. The first-order valence-corrected chi connectivity index (χ1v) is 8.06. The summed E-state index contributed by atoms with van der Waals surface area (Å²) in [4.78, 5) is 16.8. The monoisotopic (exact) mass is 332 g/mol. The van der Waals surface area contributed by atoms with Crippen LogP contribution >= 0.6 is 0 Å². The predicted octanol–water partition coefficient (Wildman–Crippen LogP) is 3.58. The van der Waals surface area contributed by atoms with Crippen LogP contribution in [0.1, 0.15) is 39.2 Å². The summed E-state index contributed by atoms with van der Waals surface area (Å²) in [5, 5.41) is 14.9. The second kappa shape index (κ2) is 7.11. The molecule has 0 spiro atoms. The highest BCUT2D eigenvalue weighted by Gasteiger charge is 2.46. The number of ether oxygens (including phenoxy) is 1. The van der Waals surface area contributed by atoms with Crippen LogP contribution in [-0.2, 0) is 10.3 Å². The van der Waals surface area contributed by atoms with E-state index in [0.717, 1.165) is 6.42 Å². The molecule has 0 aliphatic carbocycles. The Balaban J connectivity index is 2.34. The van der Waals surface area contributed by atoms with Crippen LogP contribution in [0, 0.1) is 0 Å². The van der Waals surface area contributed by atoms with Crippen LogP contribution < -0.4 is 0 Å². The summed E-state index contributed by atoms with van der Waals surface area (Å²) >= 11 is 0. The first-order valence-electron chi connectivity index (χ1n) is 8.06. The highest BCUT2D eigenvalue weighted by molar-refractivity contribution is 5.69. The number of carbonyl (C=O) groups excluding carboxylic acids is 1. The Hall–Kier alpha value is -2.24. The van der Waals surface area contributed by atoms with Crippen LogP contribution in [0.3, 0.4) is 0 Å². The average molecular weight is 332 g/mol. The predicted molar refractivity (Wildman–Crippen MR) is 90.3 cm³/mol. The van der Waals surface area contributed by atoms with Crippen LogP contribution in [0.15, 0.2) is 35.4 Å². The summed E-state index contributed by atoms with van der Waals surface area (Å²) in [6.45, 7) is 5.78. The Kier molecular flexibility index (Phi) is 5.36. The van der Waals surface area contributed by atoms with Gasteiger partial charge < -0.3 is 14.7 Å². The fourth-order valence-electron chi connectivity index (χ4n) is 3.06. The van der Waals surface area contributed by atoms with Crippen molar-refractivity contribution in [3.63, 3.8) is 0 Å². The van der Waals surface area contributed by atoms with Crippen molar-refractivity contribution < 1.29 is 14.6 Å². The van der Waals surface area contributed by atoms with Gasteiger partial charge in [-0.05, 0) is 44.7 Å². The van der Waals surface area contributed by atoms with Crippen molar-refractivity contribution in [2.24, 2.45) is 5.11 Å². The maximum Gasteiger partial charge on any atom is 0.410 e. The van der Waals surface area contributed by atoms with E-state index in [1.165, 1.54) is 0 Å². The molecular formula is C17H24N4O3. The Morgan fingerprint density at radius 2 is 2.08 bits per heavy atom. The first-order chi connectivity index (χ1) is 11.3. The van der Waals surface area contributed by atoms with Crippen molar-refractivity contribution in [2.45, 2.75) is 50.9 Å². The fourth-order valence-corrected chi connectivity index (χ4v) is 3.06. The van der Waals surface area contributed by atoms with Gasteiger partial charge in [-0.3, -0.25) is 0 Å². The van der Waals surface area contributed by atoms with Gasteiger partial charge in [0.15, 0.2) is 0 Å². The van der Waals surface area contributed by atoms with Crippen LogP contribution in [0.5, 0.6) is 0 Å². The number of benzene rings is 1. The lowest BCUT2D eigenvalue weighted by molar-refractivity contribution is -0.0425. The third-order valence-electron chi connectivity index (χ3n) is 4.08. The average Bonchev–Trinajstić information content (AvgIpc) is 3.02. The maximum atomic E-state index is 12.5. The summed E-state index contributed by atoms with van der Waals surface area (Å²) in [5.41, 5.74) is 7.26. The van der Waals surface area contributed by atoms with Gasteiger partial charge in [0, 0.05) is 11.5 Å². The van der Waals surface area contributed by atoms with Crippen LogP contribution in [0.4, 0.5) is 4.79 Å². The number of hydrogen-bond donors (Lipinski definition) is 1. The molecule has 1 heterocycles. The topological polar surface area (TPSA) is 98.5 Å². The first kappa shape index (κ1) is 18.1. The van der Waals surface area contributed by atoms with Crippen molar-refractivity contribution in [3.05, 3.63) is 46.3 Å². The second-order valence-electron chi connectivity index (χ2n) is 7.01. The van der Waals surface area contributed by atoms with Crippen molar-refractivity contribution in [1.29, 1.82) is 0 Å². The number of nitrogens with zero attached hydrogens (tertiary/aromatic N) is 4. The zero-order valence-electron chi connectivity index (χ0n) is 14.3. The smallest absolute Gasteiger partial charge is 0.410 e. The van der Waals surface area contributed by atoms with E-state index in [9.17, 15) is 9.90 Å². The van der Waals surface area contributed by atoms with Crippen molar-refractivity contribution in [3.8, 4) is 0 Å². The maximum absolute atomic E-state index is 12.5. The third-order valence-corrected chi connectivity index (χ3v) is 4.08. The molecule has 0 saturated carbocycles. The number of amides is 1. The molecule has 2 rings (SSSR count). The van der Waals surface area contributed by atoms with E-state index >= 15 is 0 Å². The Labute approximate surface area is 141 Å². The standard InChI is InChI=1S/C17H24N4O3/c1-16(2,3)24-15(22)21-11-7-10-14(21)17(23,12-19-20-18)13-8-5-4-6-9-13/h4-6,8-9,14,23H,7,10-12H2,1-3H3/t14-,17-/m1/s1. The van der Waals surface area contributed by atoms with Crippen molar-refractivity contribution >= 4 is 6.09 Å². The minimum absolute atomic E-state index is 0.141. The summed E-state index contributed by atoms with van der Waals surface area (Å²) in [5.74, 6) is 0. The SMILES string of the molecule is CC(C)(C)OC(=O)N1CCC[C@@H]1[C@@](O)(CN=[N+]=[N-])c1ccccc1. The van der Waals surface area contributed by atoms with E-state index in [0.29, 0.717) is 18.5 Å². The molecule has 1 aromatic rings. The van der Waals surface area contributed by atoms with E-state index in [4.69, 9.17) is 10.3 Å². The zero-order valence-corrected chi connectivity index (χ0v) is 14.3. The molecule has 1 aliphatic heterocycles. The van der Waals surface area contributed by atoms with Gasteiger partial charge in [-0.25, -0.2) is 4.79 Å². The molecule has 0 unspecified atom stereocenters. The number of carbonyl (C=O) groups is 1. The summed E-state index contributed by atoms with van der Waals surface area (Å²) in [6.07, 6.45) is 0.918. The van der Waals surface area contributed by atoms with Gasteiger partial charge in [-0.15, -0.1) is 0 Å². The van der Waals surface area contributed by atoms with Crippen LogP contribution in [0.2, 0.25) is 0 Å². The molecule has 1 aliphatic rings. The summed E-state index contributed by atoms with van der Waals surface area (Å²) in [7, 11) is 0. The van der Waals surface area contributed by atoms with E-state index in [2.05, 4.69) is 10.0 Å². The lowest BCUT2D eigenvalue weighted by Gasteiger charge is -2.39. The molecule has 0 radical (unpaired) electrons. The molecule has 1 aromatic carbocycles. The molecule has 0 bridgehead atoms. The largest absolute Gasteiger partial charge is 0.444 e. The molecule has 1 N–H and O–H groups in total. The molecule has 1 amide bonds. The van der Waals surface area contributed by atoms with Crippen molar-refractivity contribution in [1.82, 2.24) is 4.90 Å². The van der Waals surface area contributed by atoms with E-state index in [1.54, 1.807) is 37.8 Å². The van der Waals surface area contributed by atoms with Gasteiger partial charge >= 0.3 is 6.09 Å². The molecule has 0 aromatic heterocycles. The zero-order chi connectivity index (χ0) is 17.8. The summed E-state index contributed by atoms with van der Waals surface area (Å²) < 4.78 is 5.46. The number of aliphatic hydroxyl groups is 1. The molecule has 130 valence electrons. The van der Waals surface area contributed by atoms with Gasteiger partial charge in [0.25, 0.3) is 0 Å². The van der Waals surface area contributed by atoms with Crippen LogP contribution in [0.25, 0.3) is 10.4 Å². The molecule has 1 saturated heterocycles. The minimum Gasteiger partial charge on any atom is -0.444 e. The molecule has 1 fully saturated rings. The van der Waals surface area contributed by atoms with E-state index in [-0.39, 0.29) is 6.54 Å². The van der Waals surface area contributed by atoms with Gasteiger partial charge in [0.1, 0.15) is 11.2 Å². The molecular weight excluding hydrogens is 308 g/mol. The lowest BCUT2D eigenvalue weighted by Crippen LogP contribution is -2.52. The molecule has 24 heavy (non-hydrogen) atoms. The lowest BCUT2D eigenvalue weighted by atomic mass is 9.85.